The van der Waals surface area contributed by atoms with E-state index in [4.69, 9.17) is 4.74 Å². The van der Waals surface area contributed by atoms with Crippen LogP contribution in [0.5, 0.6) is 5.75 Å². The summed E-state index contributed by atoms with van der Waals surface area (Å²) in [4.78, 5) is 26.1. The van der Waals surface area contributed by atoms with E-state index in [-0.39, 0.29) is 30.2 Å². The molecular weight excluding hydrogens is 465 g/mol. The molecule has 4 aromatic rings. The minimum atomic E-state index is -0.308. The van der Waals surface area contributed by atoms with E-state index in [9.17, 15) is 14.0 Å². The summed E-state index contributed by atoms with van der Waals surface area (Å²) in [5.74, 6) is -0.0913. The van der Waals surface area contributed by atoms with Crippen LogP contribution in [0.3, 0.4) is 0 Å². The summed E-state index contributed by atoms with van der Waals surface area (Å²) in [7, 11) is 1.58. The summed E-state index contributed by atoms with van der Waals surface area (Å²) in [6.07, 6.45) is 0. The van der Waals surface area contributed by atoms with Gasteiger partial charge < -0.3 is 15.4 Å². The Morgan fingerprint density at radius 3 is 2.17 bits per heavy atom. The Bertz CT molecular complexity index is 1260. The molecule has 2 amide bonds. The number of anilines is 2. The van der Waals surface area contributed by atoms with Gasteiger partial charge in [0.15, 0.2) is 0 Å². The minimum Gasteiger partial charge on any atom is -0.497 e. The van der Waals surface area contributed by atoms with Crippen molar-refractivity contribution in [3.63, 3.8) is 0 Å². The summed E-state index contributed by atoms with van der Waals surface area (Å²) in [5.41, 5.74) is 2.56. The second-order valence-corrected chi connectivity index (χ2v) is 8.67. The SMILES string of the molecule is COc1ccc(NC(=O)c2ccc(NC(=O)CN[C@H](c3ccc(F)cc3)c3cccs3)cc2)cc1. The summed E-state index contributed by atoms with van der Waals surface area (Å²) in [6, 6.07) is 23.6. The molecule has 0 bridgehead atoms. The molecule has 0 fully saturated rings. The van der Waals surface area contributed by atoms with Crippen LogP contribution in [0.1, 0.15) is 26.8 Å². The number of nitrogens with one attached hydrogen (secondary N) is 3. The van der Waals surface area contributed by atoms with Crippen LogP contribution < -0.4 is 20.7 Å². The third-order valence-corrected chi connectivity index (χ3v) is 6.21. The first-order valence-electron chi connectivity index (χ1n) is 10.9. The number of rotatable bonds is 9. The standard InChI is InChI=1S/C27H24FN3O3S/c1-34-23-14-12-22(13-15-23)31-27(33)19-6-10-21(11-7-19)30-25(32)17-29-26(24-3-2-16-35-24)18-4-8-20(28)9-5-18/h2-16,26,29H,17H2,1H3,(H,30,32)(H,31,33)/t26-/m1/s1. The van der Waals surface area contributed by atoms with Gasteiger partial charge in [-0.1, -0.05) is 18.2 Å². The van der Waals surface area contributed by atoms with Crippen molar-refractivity contribution in [1.82, 2.24) is 5.32 Å². The Balaban J connectivity index is 1.33. The summed E-state index contributed by atoms with van der Waals surface area (Å²) in [5, 5.41) is 10.9. The lowest BCUT2D eigenvalue weighted by Crippen LogP contribution is -2.31. The van der Waals surface area contributed by atoms with E-state index in [1.807, 2.05) is 17.5 Å². The predicted molar refractivity (Wildman–Crippen MR) is 137 cm³/mol. The monoisotopic (exact) mass is 489 g/mol. The zero-order valence-electron chi connectivity index (χ0n) is 19.0. The van der Waals surface area contributed by atoms with E-state index < -0.39 is 0 Å². The molecule has 0 aliphatic rings. The van der Waals surface area contributed by atoms with Crippen molar-refractivity contribution in [1.29, 1.82) is 0 Å². The third kappa shape index (κ3) is 6.53. The van der Waals surface area contributed by atoms with Crippen molar-refractivity contribution in [3.8, 4) is 5.75 Å². The number of amides is 2. The number of methoxy groups -OCH3 is 1. The number of ether oxygens (including phenoxy) is 1. The lowest BCUT2D eigenvalue weighted by atomic mass is 10.1. The van der Waals surface area contributed by atoms with Crippen LogP contribution in [-0.4, -0.2) is 25.5 Å². The molecule has 1 atom stereocenters. The number of thiophene rings is 1. The number of benzene rings is 3. The lowest BCUT2D eigenvalue weighted by Gasteiger charge is -2.18. The fourth-order valence-electron chi connectivity index (χ4n) is 3.48. The van der Waals surface area contributed by atoms with Gasteiger partial charge in [0.2, 0.25) is 5.91 Å². The van der Waals surface area contributed by atoms with Crippen LogP contribution in [0.2, 0.25) is 0 Å². The fourth-order valence-corrected chi connectivity index (χ4v) is 4.30. The van der Waals surface area contributed by atoms with Crippen molar-refractivity contribution < 1.29 is 18.7 Å². The molecule has 0 unspecified atom stereocenters. The van der Waals surface area contributed by atoms with Gasteiger partial charge in [0.05, 0.1) is 19.7 Å². The maximum atomic E-state index is 13.4. The summed E-state index contributed by atoms with van der Waals surface area (Å²) >= 11 is 1.56. The van der Waals surface area contributed by atoms with E-state index >= 15 is 0 Å². The third-order valence-electron chi connectivity index (χ3n) is 5.28. The number of carbonyl (C=O) groups excluding carboxylic acids is 2. The highest BCUT2D eigenvalue weighted by atomic mass is 32.1. The van der Waals surface area contributed by atoms with Crippen molar-refractivity contribution in [2.24, 2.45) is 0 Å². The van der Waals surface area contributed by atoms with Crippen LogP contribution >= 0.6 is 11.3 Å². The van der Waals surface area contributed by atoms with Crippen LogP contribution in [0.4, 0.5) is 15.8 Å². The Labute approximate surface area is 206 Å². The van der Waals surface area contributed by atoms with Crippen molar-refractivity contribution in [3.05, 3.63) is 112 Å². The molecule has 178 valence electrons. The average molecular weight is 490 g/mol. The topological polar surface area (TPSA) is 79.5 Å². The van der Waals surface area contributed by atoms with Crippen molar-refractivity contribution in [2.45, 2.75) is 6.04 Å². The largest absolute Gasteiger partial charge is 0.497 e. The predicted octanol–water partition coefficient (Wildman–Crippen LogP) is 5.47. The number of hydrogen-bond donors (Lipinski definition) is 3. The van der Waals surface area contributed by atoms with Crippen LogP contribution in [0, 0.1) is 5.82 Å². The van der Waals surface area contributed by atoms with E-state index in [0.29, 0.717) is 22.7 Å². The number of hydrogen-bond acceptors (Lipinski definition) is 5. The molecular formula is C27H24FN3O3S. The number of carbonyl (C=O) groups is 2. The molecule has 35 heavy (non-hydrogen) atoms. The first-order chi connectivity index (χ1) is 17.0. The zero-order valence-corrected chi connectivity index (χ0v) is 19.8. The molecule has 3 aromatic carbocycles. The van der Waals surface area contributed by atoms with Gasteiger partial charge in [-0.15, -0.1) is 11.3 Å². The molecule has 1 heterocycles. The van der Waals surface area contributed by atoms with Gasteiger partial charge in [0, 0.05) is 21.8 Å². The first-order valence-corrected chi connectivity index (χ1v) is 11.8. The maximum Gasteiger partial charge on any atom is 0.255 e. The maximum absolute atomic E-state index is 13.4. The molecule has 4 rings (SSSR count). The van der Waals surface area contributed by atoms with Gasteiger partial charge in [-0.3, -0.25) is 14.9 Å². The van der Waals surface area contributed by atoms with Crippen LogP contribution in [0.25, 0.3) is 0 Å². The first kappa shape index (κ1) is 24.1. The molecule has 0 saturated heterocycles. The Kier molecular flexibility index (Phi) is 7.87. The Hall–Kier alpha value is -4.01. The van der Waals surface area contributed by atoms with Crippen LogP contribution in [0.15, 0.2) is 90.3 Å². The van der Waals surface area contributed by atoms with Gasteiger partial charge in [-0.2, -0.15) is 0 Å². The second kappa shape index (κ2) is 11.4. The smallest absolute Gasteiger partial charge is 0.255 e. The van der Waals surface area contributed by atoms with E-state index in [2.05, 4.69) is 16.0 Å². The van der Waals surface area contributed by atoms with Gasteiger partial charge >= 0.3 is 0 Å². The number of halogens is 1. The molecule has 1 aromatic heterocycles. The quantitative estimate of drug-likeness (QED) is 0.292. The Morgan fingerprint density at radius 1 is 0.886 bits per heavy atom. The van der Waals surface area contributed by atoms with Gasteiger partial charge in [-0.25, -0.2) is 4.39 Å². The van der Waals surface area contributed by atoms with Crippen molar-refractivity contribution in [2.75, 3.05) is 24.3 Å². The normalized spacial score (nSPS) is 11.5. The second-order valence-electron chi connectivity index (χ2n) is 7.69. The zero-order chi connectivity index (χ0) is 24.6. The Morgan fingerprint density at radius 2 is 1.54 bits per heavy atom. The fraction of sp³-hybridized carbons (Fsp3) is 0.111. The molecule has 0 aliphatic heterocycles. The molecule has 8 heteroatoms. The molecule has 0 aliphatic carbocycles. The molecule has 0 saturated carbocycles. The van der Waals surface area contributed by atoms with Crippen LogP contribution in [-0.2, 0) is 4.79 Å². The summed E-state index contributed by atoms with van der Waals surface area (Å²) < 4.78 is 18.5. The summed E-state index contributed by atoms with van der Waals surface area (Å²) in [6.45, 7) is 0.0552. The molecule has 3 N–H and O–H groups in total. The highest BCUT2D eigenvalue weighted by Gasteiger charge is 2.16. The van der Waals surface area contributed by atoms with Crippen molar-refractivity contribution >= 4 is 34.5 Å². The lowest BCUT2D eigenvalue weighted by molar-refractivity contribution is -0.115. The minimum absolute atomic E-state index is 0.0552. The molecule has 0 spiro atoms. The highest BCUT2D eigenvalue weighted by molar-refractivity contribution is 7.10. The van der Waals surface area contributed by atoms with E-state index in [0.717, 1.165) is 10.4 Å². The van der Waals surface area contributed by atoms with Gasteiger partial charge in [0.25, 0.3) is 5.91 Å². The molecule has 0 radical (unpaired) electrons. The van der Waals surface area contributed by atoms with Gasteiger partial charge in [0.1, 0.15) is 11.6 Å². The molecule has 6 nitrogen and oxygen atoms in total. The average Bonchev–Trinajstić information content (AvgIpc) is 3.41. The highest BCUT2D eigenvalue weighted by Crippen LogP contribution is 2.26. The van der Waals surface area contributed by atoms with E-state index in [1.165, 1.54) is 12.1 Å². The van der Waals surface area contributed by atoms with Gasteiger partial charge in [-0.05, 0) is 77.7 Å². The van der Waals surface area contributed by atoms with E-state index in [1.54, 1.807) is 79.1 Å².